The Hall–Kier alpha value is -1.89. The maximum Gasteiger partial charge on any atom is 0.410 e. The fourth-order valence-electron chi connectivity index (χ4n) is 3.20. The first kappa shape index (κ1) is 17.0. The lowest BCUT2D eigenvalue weighted by atomic mass is 9.91. The van der Waals surface area contributed by atoms with Gasteiger partial charge in [0.15, 0.2) is 10.8 Å². The van der Waals surface area contributed by atoms with Gasteiger partial charge in [-0.05, 0) is 45.7 Å². The molecule has 3 aliphatic rings. The van der Waals surface area contributed by atoms with Crippen LogP contribution in [0.5, 0.6) is 0 Å². The average Bonchev–Trinajstić information content (AvgIpc) is 2.53. The van der Waals surface area contributed by atoms with E-state index < -0.39 is 5.60 Å². The first-order valence-electron chi connectivity index (χ1n) is 8.04. The lowest BCUT2D eigenvalue weighted by molar-refractivity contribution is -0.0343. The van der Waals surface area contributed by atoms with Crippen molar-refractivity contribution < 1.29 is 14.3 Å². The lowest BCUT2D eigenvalue weighted by Gasteiger charge is -2.51. The third-order valence-corrected chi connectivity index (χ3v) is 4.47. The number of carbonyl (C=O) groups is 2. The van der Waals surface area contributed by atoms with Crippen LogP contribution in [0.3, 0.4) is 0 Å². The number of hydrogen-bond donors (Lipinski definition) is 0. The molecule has 4 rings (SSSR count). The monoisotopic (exact) mass is 352 g/mol. The molecule has 2 atom stereocenters. The fourth-order valence-corrected chi connectivity index (χ4v) is 3.30. The van der Waals surface area contributed by atoms with E-state index in [-0.39, 0.29) is 34.9 Å². The number of piperidine rings is 2. The van der Waals surface area contributed by atoms with E-state index in [0.717, 1.165) is 12.8 Å². The molecule has 2 amide bonds. The fraction of sp³-hybridized carbons (Fsp3) is 0.625. The number of hydrogen-bond acceptors (Lipinski definition) is 5. The zero-order valence-electron chi connectivity index (χ0n) is 14.0. The van der Waals surface area contributed by atoms with E-state index in [0.29, 0.717) is 13.1 Å². The predicted octanol–water partition coefficient (Wildman–Crippen LogP) is 2.35. The van der Waals surface area contributed by atoms with Gasteiger partial charge in [0.2, 0.25) is 0 Å². The normalized spacial score (nSPS) is 23.3. The number of carbonyl (C=O) groups excluding carboxylic acids is 2. The number of aromatic nitrogens is 2. The number of nitrogens with zero attached hydrogens (tertiary/aromatic N) is 4. The molecular weight excluding hydrogens is 332 g/mol. The van der Waals surface area contributed by atoms with Gasteiger partial charge in [-0.25, -0.2) is 4.79 Å². The zero-order valence-corrected chi connectivity index (χ0v) is 14.8. The molecule has 3 aliphatic heterocycles. The first-order chi connectivity index (χ1) is 11.2. The highest BCUT2D eigenvalue weighted by atomic mass is 35.5. The highest BCUT2D eigenvalue weighted by Crippen LogP contribution is 2.31. The van der Waals surface area contributed by atoms with Gasteiger partial charge in [0.05, 0.1) is 6.04 Å². The third-order valence-electron chi connectivity index (χ3n) is 4.27. The van der Waals surface area contributed by atoms with Gasteiger partial charge in [-0.15, -0.1) is 10.2 Å². The molecule has 3 saturated heterocycles. The van der Waals surface area contributed by atoms with Crippen molar-refractivity contribution in [2.45, 2.75) is 51.3 Å². The Morgan fingerprint density at radius 1 is 1.12 bits per heavy atom. The van der Waals surface area contributed by atoms with Gasteiger partial charge < -0.3 is 14.5 Å². The van der Waals surface area contributed by atoms with Crippen LogP contribution in [-0.2, 0) is 4.74 Å². The molecule has 130 valence electrons. The second-order valence-corrected chi connectivity index (χ2v) is 7.60. The van der Waals surface area contributed by atoms with E-state index in [2.05, 4.69) is 10.2 Å². The molecule has 7 nitrogen and oxygen atoms in total. The number of rotatable bonds is 1. The van der Waals surface area contributed by atoms with Gasteiger partial charge in [0, 0.05) is 19.1 Å². The van der Waals surface area contributed by atoms with Crippen LogP contribution in [0, 0.1) is 0 Å². The van der Waals surface area contributed by atoms with E-state index in [1.807, 2.05) is 20.8 Å². The van der Waals surface area contributed by atoms with Crippen LogP contribution in [0.1, 0.15) is 44.1 Å². The minimum atomic E-state index is -0.526. The number of halogens is 1. The molecule has 24 heavy (non-hydrogen) atoms. The molecule has 3 fully saturated rings. The summed E-state index contributed by atoms with van der Waals surface area (Å²) in [6.45, 7) is 6.53. The second kappa shape index (κ2) is 6.20. The van der Waals surface area contributed by atoms with Crippen molar-refractivity contribution in [2.75, 3.05) is 13.1 Å². The Morgan fingerprint density at radius 3 is 2.25 bits per heavy atom. The SMILES string of the molecule is CC(C)(C)OC(=O)N1CC2CCC1CN2C(=O)c1ccc(Cl)nn1. The molecule has 0 spiro atoms. The van der Waals surface area contributed by atoms with E-state index in [4.69, 9.17) is 16.3 Å². The van der Waals surface area contributed by atoms with Gasteiger partial charge in [-0.3, -0.25) is 4.79 Å². The van der Waals surface area contributed by atoms with Gasteiger partial charge in [0.25, 0.3) is 5.91 Å². The summed E-state index contributed by atoms with van der Waals surface area (Å²) in [5, 5.41) is 7.84. The minimum absolute atomic E-state index is 0.0194. The summed E-state index contributed by atoms with van der Waals surface area (Å²) < 4.78 is 5.47. The molecule has 4 heterocycles. The van der Waals surface area contributed by atoms with Crippen molar-refractivity contribution in [1.29, 1.82) is 0 Å². The second-order valence-electron chi connectivity index (χ2n) is 7.22. The van der Waals surface area contributed by atoms with Gasteiger partial charge in [-0.1, -0.05) is 11.6 Å². The quantitative estimate of drug-likeness (QED) is 0.775. The summed E-state index contributed by atoms with van der Waals surface area (Å²) in [5.41, 5.74) is -0.252. The van der Waals surface area contributed by atoms with Crippen LogP contribution < -0.4 is 0 Å². The maximum absolute atomic E-state index is 12.7. The Balaban J connectivity index is 1.70. The highest BCUT2D eigenvalue weighted by molar-refractivity contribution is 6.29. The molecule has 0 N–H and O–H groups in total. The van der Waals surface area contributed by atoms with E-state index in [1.165, 1.54) is 0 Å². The molecular formula is C16H21ClN4O3. The average molecular weight is 353 g/mol. The molecule has 2 bridgehead atoms. The Morgan fingerprint density at radius 2 is 1.75 bits per heavy atom. The van der Waals surface area contributed by atoms with Crippen molar-refractivity contribution in [2.24, 2.45) is 0 Å². The number of piperazine rings is 1. The third kappa shape index (κ3) is 3.45. The van der Waals surface area contributed by atoms with Gasteiger partial charge in [0.1, 0.15) is 5.60 Å². The topological polar surface area (TPSA) is 75.6 Å². The molecule has 0 radical (unpaired) electrons. The summed E-state index contributed by atoms with van der Waals surface area (Å²) >= 11 is 5.72. The summed E-state index contributed by atoms with van der Waals surface area (Å²) in [6, 6.07) is 3.09. The Kier molecular flexibility index (Phi) is 4.38. The zero-order chi connectivity index (χ0) is 17.5. The molecule has 1 aromatic rings. The Bertz CT molecular complexity index is 644. The van der Waals surface area contributed by atoms with Crippen molar-refractivity contribution in [3.05, 3.63) is 23.0 Å². The molecule has 8 heteroatoms. The first-order valence-corrected chi connectivity index (χ1v) is 8.42. The molecule has 2 unspecified atom stereocenters. The summed E-state index contributed by atoms with van der Waals surface area (Å²) in [6.07, 6.45) is 1.44. The van der Waals surface area contributed by atoms with Crippen molar-refractivity contribution in [1.82, 2.24) is 20.0 Å². The van der Waals surface area contributed by atoms with Crippen LogP contribution >= 0.6 is 11.6 Å². The molecule has 0 saturated carbocycles. The standard InChI is InChI=1S/C16H21ClN4O3/c1-16(2,3)24-15(23)21-9-10-4-5-11(21)8-20(10)14(22)12-6-7-13(17)19-18-12/h6-7,10-11H,4-5,8-9H2,1-3H3. The van der Waals surface area contributed by atoms with Crippen LogP contribution in [0.25, 0.3) is 0 Å². The van der Waals surface area contributed by atoms with E-state index in [1.54, 1.807) is 21.9 Å². The van der Waals surface area contributed by atoms with E-state index in [9.17, 15) is 9.59 Å². The number of fused-ring (bicyclic) bond motifs is 3. The summed E-state index contributed by atoms with van der Waals surface area (Å²) in [7, 11) is 0. The minimum Gasteiger partial charge on any atom is -0.444 e. The number of ether oxygens (including phenoxy) is 1. The van der Waals surface area contributed by atoms with Crippen molar-refractivity contribution in [3.8, 4) is 0 Å². The highest BCUT2D eigenvalue weighted by Gasteiger charge is 2.44. The Labute approximate surface area is 145 Å². The van der Waals surface area contributed by atoms with Crippen LogP contribution in [0.2, 0.25) is 5.15 Å². The van der Waals surface area contributed by atoms with Crippen molar-refractivity contribution >= 4 is 23.6 Å². The van der Waals surface area contributed by atoms with Gasteiger partial charge >= 0.3 is 6.09 Å². The largest absolute Gasteiger partial charge is 0.444 e. The summed E-state index contributed by atoms with van der Waals surface area (Å²) in [4.78, 5) is 28.5. The smallest absolute Gasteiger partial charge is 0.410 e. The maximum atomic E-state index is 12.7. The van der Waals surface area contributed by atoms with Crippen LogP contribution in [0.4, 0.5) is 4.79 Å². The number of amides is 2. The predicted molar refractivity (Wildman–Crippen MR) is 87.8 cm³/mol. The van der Waals surface area contributed by atoms with Gasteiger partial charge in [-0.2, -0.15) is 0 Å². The molecule has 1 aromatic heterocycles. The van der Waals surface area contributed by atoms with E-state index >= 15 is 0 Å². The lowest BCUT2D eigenvalue weighted by Crippen LogP contribution is -2.65. The molecule has 0 aromatic carbocycles. The van der Waals surface area contributed by atoms with Crippen molar-refractivity contribution in [3.63, 3.8) is 0 Å². The van der Waals surface area contributed by atoms with Crippen LogP contribution in [0.15, 0.2) is 12.1 Å². The molecule has 0 aliphatic carbocycles. The summed E-state index contributed by atoms with van der Waals surface area (Å²) in [5.74, 6) is -0.169. The van der Waals surface area contributed by atoms with Crippen LogP contribution in [-0.4, -0.2) is 62.8 Å².